The van der Waals surface area contributed by atoms with Gasteiger partial charge in [0.15, 0.2) is 5.65 Å². The Hall–Kier alpha value is -3.26. The van der Waals surface area contributed by atoms with E-state index in [1.165, 1.54) is 24.5 Å². The molecule has 160 valence electrons. The van der Waals surface area contributed by atoms with Crippen LogP contribution in [-0.4, -0.2) is 33.4 Å². The third-order valence-electron chi connectivity index (χ3n) is 5.51. The molecule has 3 N–H and O–H groups in total. The van der Waals surface area contributed by atoms with Crippen LogP contribution in [0.25, 0.3) is 22.3 Å². The highest BCUT2D eigenvalue weighted by atomic mass is 19.1. The van der Waals surface area contributed by atoms with Gasteiger partial charge >= 0.3 is 0 Å². The van der Waals surface area contributed by atoms with E-state index in [0.717, 1.165) is 11.8 Å². The Morgan fingerprint density at radius 2 is 1.97 bits per heavy atom. The zero-order chi connectivity index (χ0) is 22.1. The average Bonchev–Trinajstić information content (AvgIpc) is 2.73. The topological polar surface area (TPSA) is 97.8 Å². The summed E-state index contributed by atoms with van der Waals surface area (Å²) in [6, 6.07) is 7.06. The van der Waals surface area contributed by atoms with Crippen molar-refractivity contribution < 1.29 is 13.5 Å². The summed E-state index contributed by atoms with van der Waals surface area (Å²) < 4.78 is 34.1. The summed E-state index contributed by atoms with van der Waals surface area (Å²) in [4.78, 5) is 13.9. The second-order valence-electron chi connectivity index (χ2n) is 7.79. The lowest BCUT2D eigenvalue weighted by atomic mass is 9.88. The molecule has 0 amide bonds. The number of hydrogen-bond donors (Lipinski definition) is 2. The number of nitrogens with one attached hydrogen (secondary N) is 1. The van der Waals surface area contributed by atoms with E-state index in [0.29, 0.717) is 41.0 Å². The summed E-state index contributed by atoms with van der Waals surface area (Å²) in [6.07, 6.45) is 3.30. The van der Waals surface area contributed by atoms with Crippen molar-refractivity contribution >= 4 is 17.2 Å². The number of ether oxygens (including phenoxy) is 1. The minimum atomic E-state index is -0.693. The van der Waals surface area contributed by atoms with Crippen LogP contribution in [0.1, 0.15) is 37.2 Å². The number of hydrogen-bond acceptors (Lipinski definition) is 6. The van der Waals surface area contributed by atoms with Crippen LogP contribution in [0.2, 0.25) is 0 Å². The van der Waals surface area contributed by atoms with E-state index < -0.39 is 11.6 Å². The summed E-state index contributed by atoms with van der Waals surface area (Å²) in [5.74, 6) is -0.923. The molecule has 0 bridgehead atoms. The number of aromatic nitrogens is 3. The fourth-order valence-corrected chi connectivity index (χ4v) is 4.01. The molecular weight excluding hydrogens is 400 g/mol. The van der Waals surface area contributed by atoms with Crippen molar-refractivity contribution in [2.45, 2.75) is 44.8 Å². The monoisotopic (exact) mass is 423 g/mol. The molecule has 3 atom stereocenters. The summed E-state index contributed by atoms with van der Waals surface area (Å²) >= 11 is 0. The van der Waals surface area contributed by atoms with Crippen LogP contribution in [-0.2, 0) is 4.74 Å². The molecule has 0 unspecified atom stereocenters. The number of nitrogens with zero attached hydrogens (tertiary/aromatic N) is 3. The number of aryl methyl sites for hydroxylation is 1. The standard InChI is InChI=1S/C23H23F2N5O/c1-12-3-5-18-21(17-6-4-16(24)9-19(17)25)29-22(30-23(18)28-12)14-7-13(2)31-20(8-14)15(10-26)11-27/h3-6,9-11,13-14,20,26H,7-8,27H2,1-2H3/b15-11+,26-10?/t13-,14+,20-/m1/s1. The van der Waals surface area contributed by atoms with Crippen LogP contribution >= 0.6 is 0 Å². The summed E-state index contributed by atoms with van der Waals surface area (Å²) in [7, 11) is 0. The van der Waals surface area contributed by atoms with Gasteiger partial charge < -0.3 is 15.9 Å². The Kier molecular flexibility index (Phi) is 5.73. The highest BCUT2D eigenvalue weighted by molar-refractivity contribution is 5.90. The van der Waals surface area contributed by atoms with Gasteiger partial charge in [-0.1, -0.05) is 0 Å². The third kappa shape index (κ3) is 4.16. The van der Waals surface area contributed by atoms with Crippen LogP contribution < -0.4 is 5.73 Å². The molecule has 0 saturated carbocycles. The molecule has 4 rings (SSSR count). The number of nitrogens with two attached hydrogens (primary N) is 1. The van der Waals surface area contributed by atoms with Gasteiger partial charge in [0, 0.05) is 46.6 Å². The summed E-state index contributed by atoms with van der Waals surface area (Å²) in [6.45, 7) is 3.80. The molecular formula is C23H23F2N5O. The molecule has 2 aromatic heterocycles. The van der Waals surface area contributed by atoms with Crippen LogP contribution in [0.5, 0.6) is 0 Å². The minimum absolute atomic E-state index is 0.0994. The van der Waals surface area contributed by atoms with Crippen molar-refractivity contribution in [3.8, 4) is 11.3 Å². The number of halogens is 2. The van der Waals surface area contributed by atoms with Gasteiger partial charge in [0.05, 0.1) is 17.9 Å². The normalized spacial score (nSPS) is 21.9. The first-order chi connectivity index (χ1) is 14.9. The molecule has 3 aromatic rings. The van der Waals surface area contributed by atoms with Gasteiger partial charge in [-0.05, 0) is 51.0 Å². The van der Waals surface area contributed by atoms with Gasteiger partial charge in [-0.15, -0.1) is 0 Å². The largest absolute Gasteiger partial charge is 0.404 e. The second kappa shape index (κ2) is 8.47. The first-order valence-electron chi connectivity index (χ1n) is 10.1. The highest BCUT2D eigenvalue weighted by Gasteiger charge is 2.32. The van der Waals surface area contributed by atoms with Gasteiger partial charge in [-0.25, -0.2) is 23.7 Å². The molecule has 1 aromatic carbocycles. The molecule has 31 heavy (non-hydrogen) atoms. The van der Waals surface area contributed by atoms with Crippen molar-refractivity contribution in [1.29, 1.82) is 5.41 Å². The number of benzene rings is 1. The highest BCUT2D eigenvalue weighted by Crippen LogP contribution is 2.36. The van der Waals surface area contributed by atoms with Gasteiger partial charge in [0.25, 0.3) is 0 Å². The summed E-state index contributed by atoms with van der Waals surface area (Å²) in [5, 5.41) is 8.18. The average molecular weight is 423 g/mol. The molecule has 0 aliphatic carbocycles. The quantitative estimate of drug-likeness (QED) is 0.606. The molecule has 0 spiro atoms. The fraction of sp³-hybridized carbons (Fsp3) is 0.304. The van der Waals surface area contributed by atoms with Crippen LogP contribution in [0, 0.1) is 24.0 Å². The number of pyridine rings is 1. The molecule has 1 aliphatic heterocycles. The lowest BCUT2D eigenvalue weighted by Crippen LogP contribution is -2.33. The molecule has 1 fully saturated rings. The Morgan fingerprint density at radius 1 is 1.16 bits per heavy atom. The van der Waals surface area contributed by atoms with Crippen LogP contribution in [0.15, 0.2) is 42.1 Å². The lowest BCUT2D eigenvalue weighted by molar-refractivity contribution is -0.0272. The number of rotatable bonds is 4. The van der Waals surface area contributed by atoms with Crippen LogP contribution in [0.3, 0.4) is 0 Å². The maximum Gasteiger partial charge on any atom is 0.163 e. The smallest absolute Gasteiger partial charge is 0.163 e. The maximum absolute atomic E-state index is 14.7. The predicted molar refractivity (Wildman–Crippen MR) is 115 cm³/mol. The van der Waals surface area contributed by atoms with E-state index in [4.69, 9.17) is 25.8 Å². The van der Waals surface area contributed by atoms with Crippen molar-refractivity contribution in [2.24, 2.45) is 5.73 Å². The van der Waals surface area contributed by atoms with Gasteiger partial charge in [-0.2, -0.15) is 0 Å². The molecule has 1 aliphatic rings. The van der Waals surface area contributed by atoms with Crippen molar-refractivity contribution in [2.75, 3.05) is 0 Å². The molecule has 8 heteroatoms. The SMILES string of the molecule is Cc1ccc2c(-c3ccc(F)cc3F)nc([C@H]3C[C@@H](C)O[C@@H](/C(C=N)=C/N)C3)nc2n1. The van der Waals surface area contributed by atoms with Crippen molar-refractivity contribution in [3.63, 3.8) is 0 Å². The Morgan fingerprint density at radius 3 is 2.68 bits per heavy atom. The predicted octanol–water partition coefficient (Wildman–Crippen LogP) is 4.42. The Bertz CT molecular complexity index is 1180. The lowest BCUT2D eigenvalue weighted by Gasteiger charge is -2.33. The number of fused-ring (bicyclic) bond motifs is 1. The van der Waals surface area contributed by atoms with Gasteiger partial charge in [0.2, 0.25) is 0 Å². The van der Waals surface area contributed by atoms with Gasteiger partial charge in [0.1, 0.15) is 17.5 Å². The van der Waals surface area contributed by atoms with E-state index in [-0.39, 0.29) is 23.7 Å². The zero-order valence-corrected chi connectivity index (χ0v) is 17.3. The van der Waals surface area contributed by atoms with E-state index in [2.05, 4.69) is 4.98 Å². The van der Waals surface area contributed by atoms with Gasteiger partial charge in [-0.3, -0.25) is 0 Å². The first-order valence-corrected chi connectivity index (χ1v) is 10.1. The molecule has 1 saturated heterocycles. The second-order valence-corrected chi connectivity index (χ2v) is 7.79. The minimum Gasteiger partial charge on any atom is -0.404 e. The molecule has 6 nitrogen and oxygen atoms in total. The van der Waals surface area contributed by atoms with E-state index in [1.807, 2.05) is 19.9 Å². The summed E-state index contributed by atoms with van der Waals surface area (Å²) in [5.41, 5.74) is 8.04. The van der Waals surface area contributed by atoms with Crippen molar-refractivity contribution in [3.05, 3.63) is 65.3 Å². The van der Waals surface area contributed by atoms with Crippen molar-refractivity contribution in [1.82, 2.24) is 15.0 Å². The van der Waals surface area contributed by atoms with Crippen LogP contribution in [0.4, 0.5) is 8.78 Å². The van der Waals surface area contributed by atoms with E-state index in [1.54, 1.807) is 6.07 Å². The third-order valence-corrected chi connectivity index (χ3v) is 5.51. The maximum atomic E-state index is 14.7. The Balaban J connectivity index is 1.86. The molecule has 3 heterocycles. The fourth-order valence-electron chi connectivity index (χ4n) is 4.01. The van der Waals surface area contributed by atoms with E-state index in [9.17, 15) is 8.78 Å². The molecule has 0 radical (unpaired) electrons. The van der Waals surface area contributed by atoms with E-state index >= 15 is 0 Å². The zero-order valence-electron chi connectivity index (χ0n) is 17.3. The Labute approximate surface area is 178 Å². The first kappa shape index (κ1) is 21.0.